The summed E-state index contributed by atoms with van der Waals surface area (Å²) in [6, 6.07) is 9.37. The van der Waals surface area contributed by atoms with Gasteiger partial charge in [0, 0.05) is 29.8 Å². The smallest absolute Gasteiger partial charge is 0.289 e. The zero-order valence-corrected chi connectivity index (χ0v) is 18.2. The van der Waals surface area contributed by atoms with Gasteiger partial charge in [-0.2, -0.15) is 0 Å². The van der Waals surface area contributed by atoms with Gasteiger partial charge in [-0.3, -0.25) is 29.8 Å². The highest BCUT2D eigenvalue weighted by Crippen LogP contribution is 2.28. The standard InChI is InChI=1S/C22H21ClN4O6/c23-18-10-9-16(13-20(18)27(32)33)24-22(29)19(25-21(28)15-6-2-1-3-7-15)12-14-5-4-8-17(11-14)26(30)31/h4-5,8-13,15H,1-3,6-7H2,(H,24,29)(H,25,28). The molecule has 1 saturated carbocycles. The summed E-state index contributed by atoms with van der Waals surface area (Å²) in [7, 11) is 0. The zero-order valence-electron chi connectivity index (χ0n) is 17.5. The van der Waals surface area contributed by atoms with Crippen LogP contribution in [-0.2, 0) is 9.59 Å². The molecule has 0 bridgehead atoms. The molecule has 11 heteroatoms. The molecule has 0 unspecified atom stereocenters. The van der Waals surface area contributed by atoms with Crippen LogP contribution in [0.2, 0.25) is 5.02 Å². The number of carbonyl (C=O) groups is 2. The minimum Gasteiger partial charge on any atom is -0.321 e. The molecule has 2 N–H and O–H groups in total. The fraction of sp³-hybridized carbons (Fsp3) is 0.273. The topological polar surface area (TPSA) is 144 Å². The van der Waals surface area contributed by atoms with E-state index in [2.05, 4.69) is 10.6 Å². The van der Waals surface area contributed by atoms with Crippen LogP contribution >= 0.6 is 11.6 Å². The molecule has 2 aromatic carbocycles. The lowest BCUT2D eigenvalue weighted by molar-refractivity contribution is -0.385. The van der Waals surface area contributed by atoms with Gasteiger partial charge < -0.3 is 10.6 Å². The molecule has 1 aliphatic carbocycles. The molecule has 1 aliphatic rings. The number of halogens is 1. The lowest BCUT2D eigenvalue weighted by Gasteiger charge is -2.21. The van der Waals surface area contributed by atoms with Crippen molar-refractivity contribution in [3.05, 3.63) is 79.0 Å². The highest BCUT2D eigenvalue weighted by Gasteiger charge is 2.24. The van der Waals surface area contributed by atoms with Crippen LogP contribution in [-0.4, -0.2) is 21.7 Å². The number of non-ortho nitro benzene ring substituents is 1. The Hall–Kier alpha value is -3.79. The van der Waals surface area contributed by atoms with Crippen molar-refractivity contribution in [3.63, 3.8) is 0 Å². The third-order valence-corrected chi connectivity index (χ3v) is 5.59. The zero-order chi connectivity index (χ0) is 24.0. The Labute approximate surface area is 193 Å². The van der Waals surface area contributed by atoms with Gasteiger partial charge in [0.15, 0.2) is 0 Å². The fourth-order valence-electron chi connectivity index (χ4n) is 3.58. The van der Waals surface area contributed by atoms with Gasteiger partial charge in [0.25, 0.3) is 17.3 Å². The summed E-state index contributed by atoms with van der Waals surface area (Å²) in [4.78, 5) is 46.7. The number of hydrogen-bond acceptors (Lipinski definition) is 6. The largest absolute Gasteiger partial charge is 0.321 e. The van der Waals surface area contributed by atoms with Gasteiger partial charge in [-0.05, 0) is 36.6 Å². The molecule has 0 radical (unpaired) electrons. The van der Waals surface area contributed by atoms with Crippen LogP contribution in [0.1, 0.15) is 37.7 Å². The van der Waals surface area contributed by atoms with E-state index < -0.39 is 15.8 Å². The van der Waals surface area contributed by atoms with Crippen molar-refractivity contribution in [2.75, 3.05) is 5.32 Å². The molecule has 2 amide bonds. The fourth-order valence-corrected chi connectivity index (χ4v) is 3.77. The van der Waals surface area contributed by atoms with Crippen LogP contribution in [0.4, 0.5) is 17.1 Å². The Bertz CT molecular complexity index is 1130. The van der Waals surface area contributed by atoms with Crippen molar-refractivity contribution >= 4 is 46.6 Å². The number of hydrogen-bond donors (Lipinski definition) is 2. The number of benzene rings is 2. The van der Waals surface area contributed by atoms with Gasteiger partial charge in [0.1, 0.15) is 10.7 Å². The second-order valence-corrected chi connectivity index (χ2v) is 8.02. The maximum Gasteiger partial charge on any atom is 0.289 e. The summed E-state index contributed by atoms with van der Waals surface area (Å²) in [6.45, 7) is 0. The first-order chi connectivity index (χ1) is 15.7. The van der Waals surface area contributed by atoms with E-state index in [1.54, 1.807) is 6.07 Å². The quantitative estimate of drug-likeness (QED) is 0.335. The summed E-state index contributed by atoms with van der Waals surface area (Å²) < 4.78 is 0. The van der Waals surface area contributed by atoms with Crippen LogP contribution in [0.3, 0.4) is 0 Å². The number of nitrogens with one attached hydrogen (secondary N) is 2. The normalized spacial score (nSPS) is 14.4. The Morgan fingerprint density at radius 2 is 1.73 bits per heavy atom. The Kier molecular flexibility index (Phi) is 7.73. The Balaban J connectivity index is 1.90. The predicted molar refractivity (Wildman–Crippen MR) is 123 cm³/mol. The van der Waals surface area contributed by atoms with Gasteiger partial charge in [0.2, 0.25) is 5.91 Å². The predicted octanol–water partition coefficient (Wildman–Crippen LogP) is 4.83. The number of carbonyl (C=O) groups excluding carboxylic acids is 2. The van der Waals surface area contributed by atoms with Gasteiger partial charge in [-0.1, -0.05) is 43.0 Å². The van der Waals surface area contributed by atoms with E-state index in [-0.39, 0.29) is 39.6 Å². The van der Waals surface area contributed by atoms with Gasteiger partial charge in [0.05, 0.1) is 9.85 Å². The first-order valence-corrected chi connectivity index (χ1v) is 10.6. The molecule has 3 rings (SSSR count). The number of rotatable bonds is 7. The van der Waals surface area contributed by atoms with Gasteiger partial charge >= 0.3 is 0 Å². The number of nitro groups is 2. The maximum absolute atomic E-state index is 13.0. The van der Waals surface area contributed by atoms with Gasteiger partial charge in [-0.25, -0.2) is 0 Å². The highest BCUT2D eigenvalue weighted by atomic mass is 35.5. The summed E-state index contributed by atoms with van der Waals surface area (Å²) in [6.07, 6.45) is 5.64. The monoisotopic (exact) mass is 472 g/mol. The number of amides is 2. The SMILES string of the molecule is O=C(Nc1ccc(Cl)c([N+](=O)[O-])c1)C(=Cc1cccc([N+](=O)[O-])c1)NC(=O)C1CCCCC1. The summed E-state index contributed by atoms with van der Waals surface area (Å²) >= 11 is 5.82. The van der Waals surface area contributed by atoms with E-state index in [1.807, 2.05) is 0 Å². The Morgan fingerprint density at radius 1 is 1.00 bits per heavy atom. The molecule has 10 nitrogen and oxygen atoms in total. The minimum atomic E-state index is -0.734. The van der Waals surface area contributed by atoms with Crippen LogP contribution in [0.25, 0.3) is 6.08 Å². The van der Waals surface area contributed by atoms with E-state index in [4.69, 9.17) is 11.6 Å². The molecular formula is C22H21ClN4O6. The average molecular weight is 473 g/mol. The number of nitro benzene ring substituents is 2. The van der Waals surface area contributed by atoms with Crippen LogP contribution in [0.5, 0.6) is 0 Å². The van der Waals surface area contributed by atoms with E-state index in [0.29, 0.717) is 18.4 Å². The average Bonchev–Trinajstić information content (AvgIpc) is 2.80. The third-order valence-electron chi connectivity index (χ3n) is 5.27. The first-order valence-electron chi connectivity index (χ1n) is 10.3. The van der Waals surface area contributed by atoms with E-state index in [1.165, 1.54) is 36.4 Å². The third kappa shape index (κ3) is 6.36. The lowest BCUT2D eigenvalue weighted by Crippen LogP contribution is -2.35. The lowest BCUT2D eigenvalue weighted by atomic mass is 9.88. The van der Waals surface area contributed by atoms with Crippen LogP contribution in [0, 0.1) is 26.1 Å². The molecule has 2 aromatic rings. The highest BCUT2D eigenvalue weighted by molar-refractivity contribution is 6.32. The van der Waals surface area contributed by atoms with Crippen molar-refractivity contribution in [3.8, 4) is 0 Å². The molecule has 0 heterocycles. The van der Waals surface area contributed by atoms with Crippen molar-refractivity contribution in [1.29, 1.82) is 0 Å². The molecule has 0 spiro atoms. The van der Waals surface area contributed by atoms with E-state index in [9.17, 15) is 29.8 Å². The minimum absolute atomic E-state index is 0.0871. The number of anilines is 1. The van der Waals surface area contributed by atoms with Crippen molar-refractivity contribution in [2.24, 2.45) is 5.92 Å². The molecular weight excluding hydrogens is 452 g/mol. The maximum atomic E-state index is 13.0. The molecule has 0 aromatic heterocycles. The van der Waals surface area contributed by atoms with E-state index in [0.717, 1.165) is 25.3 Å². The van der Waals surface area contributed by atoms with Crippen molar-refractivity contribution in [2.45, 2.75) is 32.1 Å². The molecule has 0 atom stereocenters. The second kappa shape index (κ2) is 10.7. The summed E-state index contributed by atoms with van der Waals surface area (Å²) in [5.41, 5.74) is -0.252. The Morgan fingerprint density at radius 3 is 2.39 bits per heavy atom. The summed E-state index contributed by atoms with van der Waals surface area (Å²) in [5.74, 6) is -1.29. The number of nitrogens with zero attached hydrogens (tertiary/aromatic N) is 2. The second-order valence-electron chi connectivity index (χ2n) is 7.61. The van der Waals surface area contributed by atoms with Gasteiger partial charge in [-0.15, -0.1) is 0 Å². The van der Waals surface area contributed by atoms with E-state index >= 15 is 0 Å². The van der Waals surface area contributed by atoms with Crippen molar-refractivity contribution in [1.82, 2.24) is 5.32 Å². The molecule has 1 fully saturated rings. The first kappa shape index (κ1) is 23.9. The van der Waals surface area contributed by atoms with Crippen molar-refractivity contribution < 1.29 is 19.4 Å². The van der Waals surface area contributed by atoms with Crippen LogP contribution < -0.4 is 10.6 Å². The molecule has 0 saturated heterocycles. The van der Waals surface area contributed by atoms with Crippen LogP contribution in [0.15, 0.2) is 48.2 Å². The summed E-state index contributed by atoms with van der Waals surface area (Å²) in [5, 5.41) is 27.3. The molecule has 33 heavy (non-hydrogen) atoms. The molecule has 172 valence electrons. The molecule has 0 aliphatic heterocycles.